The van der Waals surface area contributed by atoms with E-state index in [0.29, 0.717) is 16.8 Å². The smallest absolute Gasteiger partial charge is 0.264 e. The molecule has 3 aromatic rings. The number of hydrogen-bond donors (Lipinski definition) is 1. The molecule has 158 valence electrons. The van der Waals surface area contributed by atoms with Gasteiger partial charge in [-0.15, -0.1) is 0 Å². The third-order valence-corrected chi connectivity index (χ3v) is 5.92. The Hall–Kier alpha value is -2.96. The highest BCUT2D eigenvalue weighted by Crippen LogP contribution is 2.42. The summed E-state index contributed by atoms with van der Waals surface area (Å²) in [4.78, 5) is 27.6. The summed E-state index contributed by atoms with van der Waals surface area (Å²) in [5, 5.41) is 11.4. The first kappa shape index (κ1) is 21.3. The fourth-order valence-electron chi connectivity index (χ4n) is 3.83. The molecule has 1 atom stereocenters. The molecule has 5 nitrogen and oxygen atoms in total. The Labute approximate surface area is 189 Å². The van der Waals surface area contributed by atoms with Crippen LogP contribution >= 0.6 is 15.9 Å². The van der Waals surface area contributed by atoms with E-state index in [9.17, 15) is 14.7 Å². The highest BCUT2D eigenvalue weighted by molar-refractivity contribution is 9.10. The van der Waals surface area contributed by atoms with Crippen molar-refractivity contribution < 1.29 is 19.4 Å². The molecule has 0 saturated heterocycles. The molecule has 31 heavy (non-hydrogen) atoms. The number of halogens is 1. The highest BCUT2D eigenvalue weighted by Gasteiger charge is 2.50. The molecule has 1 N–H and O–H groups in total. The summed E-state index contributed by atoms with van der Waals surface area (Å²) in [6, 6.07) is 21.6. The molecule has 1 aliphatic heterocycles. The summed E-state index contributed by atoms with van der Waals surface area (Å²) < 4.78 is 6.65. The maximum Gasteiger partial charge on any atom is 0.264 e. The summed E-state index contributed by atoms with van der Waals surface area (Å²) in [6.45, 7) is 2.51. The molecule has 0 aromatic heterocycles. The van der Waals surface area contributed by atoms with Crippen LogP contribution in [0.25, 0.3) is 0 Å². The van der Waals surface area contributed by atoms with Gasteiger partial charge in [-0.1, -0.05) is 58.4 Å². The van der Waals surface area contributed by atoms with Crippen LogP contribution in [0.1, 0.15) is 27.9 Å². The molecule has 0 saturated carbocycles. The predicted molar refractivity (Wildman–Crippen MR) is 122 cm³/mol. The first-order chi connectivity index (χ1) is 14.9. The summed E-state index contributed by atoms with van der Waals surface area (Å²) >= 11 is 3.34. The Morgan fingerprint density at radius 1 is 1.06 bits per heavy atom. The molecule has 1 amide bonds. The van der Waals surface area contributed by atoms with Crippen LogP contribution in [0.2, 0.25) is 0 Å². The monoisotopic (exact) mass is 479 g/mol. The second-order valence-electron chi connectivity index (χ2n) is 7.61. The average molecular weight is 480 g/mol. The molecule has 0 bridgehead atoms. The summed E-state index contributed by atoms with van der Waals surface area (Å²) in [6.07, 6.45) is -0.320. The number of amides is 1. The number of nitrogens with zero attached hydrogens (tertiary/aromatic N) is 1. The molecule has 0 spiro atoms. The molecule has 1 heterocycles. The van der Waals surface area contributed by atoms with Gasteiger partial charge >= 0.3 is 0 Å². The van der Waals surface area contributed by atoms with Crippen molar-refractivity contribution in [3.63, 3.8) is 0 Å². The maximum atomic E-state index is 13.3. The van der Waals surface area contributed by atoms with Gasteiger partial charge in [0.15, 0.2) is 11.4 Å². The van der Waals surface area contributed by atoms with Gasteiger partial charge in [0.2, 0.25) is 0 Å². The van der Waals surface area contributed by atoms with E-state index >= 15 is 0 Å². The summed E-state index contributed by atoms with van der Waals surface area (Å²) in [5.41, 5.74) is 0.681. The zero-order valence-corrected chi connectivity index (χ0v) is 18.6. The number of fused-ring (bicyclic) bond motifs is 1. The molecule has 6 heteroatoms. The lowest BCUT2D eigenvalue weighted by Gasteiger charge is -2.23. The Bertz CT molecular complexity index is 1130. The van der Waals surface area contributed by atoms with E-state index in [0.717, 1.165) is 15.8 Å². The van der Waals surface area contributed by atoms with E-state index in [-0.39, 0.29) is 25.4 Å². The van der Waals surface area contributed by atoms with Gasteiger partial charge in [0.05, 0.1) is 18.7 Å². The van der Waals surface area contributed by atoms with E-state index in [1.54, 1.807) is 42.5 Å². The van der Waals surface area contributed by atoms with Gasteiger partial charge in [0.25, 0.3) is 5.91 Å². The van der Waals surface area contributed by atoms with E-state index in [1.807, 2.05) is 37.3 Å². The Morgan fingerprint density at radius 3 is 2.55 bits per heavy atom. The maximum absolute atomic E-state index is 13.3. The van der Waals surface area contributed by atoms with E-state index < -0.39 is 11.5 Å². The van der Waals surface area contributed by atoms with Crippen LogP contribution in [-0.2, 0) is 10.4 Å². The molecule has 1 unspecified atom stereocenters. The van der Waals surface area contributed by atoms with Crippen molar-refractivity contribution in [3.05, 3.63) is 94.0 Å². The number of hydrogen-bond acceptors (Lipinski definition) is 4. The number of carbonyl (C=O) groups excluding carboxylic acids is 2. The van der Waals surface area contributed by atoms with Crippen molar-refractivity contribution in [3.8, 4) is 5.75 Å². The molecule has 0 fully saturated rings. The van der Waals surface area contributed by atoms with Crippen molar-refractivity contribution in [2.24, 2.45) is 0 Å². The Balaban J connectivity index is 1.53. The van der Waals surface area contributed by atoms with Crippen LogP contribution in [0.4, 0.5) is 5.69 Å². The largest absolute Gasteiger partial charge is 0.492 e. The number of rotatable bonds is 7. The SMILES string of the molecule is Cc1cccc(OCCN2C(=O)C(O)(CC(=O)c3ccc(Br)cc3)c3ccccc32)c1. The van der Waals surface area contributed by atoms with Crippen molar-refractivity contribution >= 4 is 33.3 Å². The van der Waals surface area contributed by atoms with Gasteiger partial charge < -0.3 is 14.7 Å². The first-order valence-corrected chi connectivity index (χ1v) is 10.8. The molecular weight excluding hydrogens is 458 g/mol. The fourth-order valence-corrected chi connectivity index (χ4v) is 4.09. The Morgan fingerprint density at radius 2 is 1.81 bits per heavy atom. The first-order valence-electron chi connectivity index (χ1n) is 10.0. The summed E-state index contributed by atoms with van der Waals surface area (Å²) in [5.74, 6) is -0.0800. The van der Waals surface area contributed by atoms with E-state index in [4.69, 9.17) is 4.74 Å². The number of ether oxygens (including phenoxy) is 1. The van der Waals surface area contributed by atoms with Gasteiger partial charge in [-0.3, -0.25) is 9.59 Å². The van der Waals surface area contributed by atoms with Gasteiger partial charge in [-0.2, -0.15) is 0 Å². The number of anilines is 1. The topological polar surface area (TPSA) is 66.8 Å². The number of Topliss-reactive ketones (excluding diaryl/α,β-unsaturated/α-hetero) is 1. The summed E-state index contributed by atoms with van der Waals surface area (Å²) in [7, 11) is 0. The van der Waals surface area contributed by atoms with Crippen molar-refractivity contribution in [1.82, 2.24) is 0 Å². The molecule has 4 rings (SSSR count). The number of carbonyl (C=O) groups is 2. The fraction of sp³-hybridized carbons (Fsp3) is 0.200. The normalized spacial score (nSPS) is 17.5. The quantitative estimate of drug-likeness (QED) is 0.501. The minimum absolute atomic E-state index is 0.262. The minimum atomic E-state index is -1.90. The van der Waals surface area contributed by atoms with Crippen molar-refractivity contribution in [1.29, 1.82) is 0 Å². The molecule has 0 radical (unpaired) electrons. The van der Waals surface area contributed by atoms with Gasteiger partial charge in [0.1, 0.15) is 12.4 Å². The van der Waals surface area contributed by atoms with Crippen LogP contribution in [0, 0.1) is 6.92 Å². The Kier molecular flexibility index (Phi) is 5.94. The molecule has 1 aliphatic rings. The number of para-hydroxylation sites is 1. The third-order valence-electron chi connectivity index (χ3n) is 5.40. The second-order valence-corrected chi connectivity index (χ2v) is 8.52. The van der Waals surface area contributed by atoms with Gasteiger partial charge in [-0.25, -0.2) is 0 Å². The predicted octanol–water partition coefficient (Wildman–Crippen LogP) is 4.64. The van der Waals surface area contributed by atoms with Gasteiger partial charge in [0, 0.05) is 15.6 Å². The lowest BCUT2D eigenvalue weighted by Crippen LogP contribution is -2.43. The van der Waals surface area contributed by atoms with Gasteiger partial charge in [-0.05, 0) is 42.8 Å². The minimum Gasteiger partial charge on any atom is -0.492 e. The van der Waals surface area contributed by atoms with Crippen LogP contribution in [0.5, 0.6) is 5.75 Å². The standard InChI is InChI=1S/C25H22BrNO4/c1-17-5-4-6-20(15-17)31-14-13-27-22-8-3-2-7-21(22)25(30,24(27)29)16-23(28)18-9-11-19(26)12-10-18/h2-12,15,30H,13-14,16H2,1H3. The van der Waals surface area contributed by atoms with Crippen LogP contribution in [-0.4, -0.2) is 29.9 Å². The lowest BCUT2D eigenvalue weighted by molar-refractivity contribution is -0.135. The highest BCUT2D eigenvalue weighted by atomic mass is 79.9. The molecule has 0 aliphatic carbocycles. The van der Waals surface area contributed by atoms with E-state index in [2.05, 4.69) is 15.9 Å². The van der Waals surface area contributed by atoms with E-state index in [1.165, 1.54) is 4.90 Å². The van der Waals surface area contributed by atoms with Crippen molar-refractivity contribution in [2.45, 2.75) is 18.9 Å². The zero-order chi connectivity index (χ0) is 22.0. The number of aryl methyl sites for hydroxylation is 1. The second kappa shape index (κ2) is 8.65. The molecule has 3 aromatic carbocycles. The number of aliphatic hydroxyl groups is 1. The van der Waals surface area contributed by atoms with Crippen LogP contribution < -0.4 is 9.64 Å². The number of benzene rings is 3. The van der Waals surface area contributed by atoms with Crippen LogP contribution in [0.3, 0.4) is 0 Å². The average Bonchev–Trinajstić information content (AvgIpc) is 2.96. The zero-order valence-electron chi connectivity index (χ0n) is 17.0. The van der Waals surface area contributed by atoms with Crippen LogP contribution in [0.15, 0.2) is 77.3 Å². The molecular formula is C25H22BrNO4. The number of ketones is 1. The third kappa shape index (κ3) is 4.27. The lowest BCUT2D eigenvalue weighted by atomic mass is 9.88. The van der Waals surface area contributed by atoms with Crippen molar-refractivity contribution in [2.75, 3.05) is 18.1 Å².